The average molecular weight is 360 g/mol. The van der Waals surface area contributed by atoms with Gasteiger partial charge in [0.15, 0.2) is 9.84 Å². The first kappa shape index (κ1) is 19.1. The molecule has 0 fully saturated rings. The number of carbonyl (C=O) groups is 1. The zero-order valence-corrected chi connectivity index (χ0v) is 15.4. The molecule has 0 saturated heterocycles. The molecule has 1 N–H and O–H groups in total. The van der Waals surface area contributed by atoms with Crippen LogP contribution in [0.1, 0.15) is 12.5 Å². The molecular weight excluding hydrogens is 336 g/mol. The van der Waals surface area contributed by atoms with E-state index in [2.05, 4.69) is 22.3 Å². The Kier molecular flexibility index (Phi) is 6.73. The van der Waals surface area contributed by atoms with Gasteiger partial charge in [-0.3, -0.25) is 9.69 Å². The Labute approximate surface area is 149 Å². The van der Waals surface area contributed by atoms with Crippen LogP contribution in [0, 0.1) is 0 Å². The van der Waals surface area contributed by atoms with Crippen LogP contribution >= 0.6 is 0 Å². The molecule has 0 atom stereocenters. The molecule has 2 rings (SSSR count). The van der Waals surface area contributed by atoms with E-state index in [-0.39, 0.29) is 10.8 Å². The molecule has 1 amide bonds. The lowest BCUT2D eigenvalue weighted by Gasteiger charge is -2.20. The molecule has 25 heavy (non-hydrogen) atoms. The molecular formula is C19H24N2O3S. The monoisotopic (exact) mass is 360 g/mol. The van der Waals surface area contributed by atoms with Crippen LogP contribution in [-0.2, 0) is 21.1 Å². The number of benzene rings is 2. The van der Waals surface area contributed by atoms with E-state index >= 15 is 0 Å². The molecule has 6 heteroatoms. The van der Waals surface area contributed by atoms with Gasteiger partial charge in [0, 0.05) is 18.5 Å². The fourth-order valence-electron chi connectivity index (χ4n) is 2.47. The number of anilines is 1. The van der Waals surface area contributed by atoms with Gasteiger partial charge in [-0.05, 0) is 42.8 Å². The Morgan fingerprint density at radius 2 is 1.68 bits per heavy atom. The predicted molar refractivity (Wildman–Crippen MR) is 100 cm³/mol. The van der Waals surface area contributed by atoms with Crippen molar-refractivity contribution in [3.8, 4) is 0 Å². The Hall–Kier alpha value is -2.18. The number of rotatable bonds is 8. The lowest BCUT2D eigenvalue weighted by Crippen LogP contribution is -2.34. The molecule has 0 unspecified atom stereocenters. The van der Waals surface area contributed by atoms with Crippen LogP contribution in [0.4, 0.5) is 5.69 Å². The SMILES string of the molecule is CCN(CCc1ccccc1)CC(=O)Nc1ccc(S(C)(=O)=O)cc1. The molecule has 134 valence electrons. The van der Waals surface area contributed by atoms with Crippen LogP contribution < -0.4 is 5.32 Å². The first-order valence-electron chi connectivity index (χ1n) is 8.24. The summed E-state index contributed by atoms with van der Waals surface area (Å²) in [4.78, 5) is 14.5. The molecule has 0 bridgehead atoms. The highest BCUT2D eigenvalue weighted by Gasteiger charge is 2.11. The van der Waals surface area contributed by atoms with Crippen molar-refractivity contribution < 1.29 is 13.2 Å². The zero-order chi connectivity index (χ0) is 18.3. The highest BCUT2D eigenvalue weighted by atomic mass is 32.2. The van der Waals surface area contributed by atoms with E-state index in [4.69, 9.17) is 0 Å². The minimum atomic E-state index is -3.23. The fraction of sp³-hybridized carbons (Fsp3) is 0.316. The number of sulfone groups is 1. The maximum atomic E-state index is 12.2. The topological polar surface area (TPSA) is 66.5 Å². The van der Waals surface area contributed by atoms with Gasteiger partial charge in [0.1, 0.15) is 0 Å². The average Bonchev–Trinajstić information content (AvgIpc) is 2.59. The van der Waals surface area contributed by atoms with Crippen LogP contribution in [0.15, 0.2) is 59.5 Å². The molecule has 0 aliphatic carbocycles. The molecule has 0 heterocycles. The van der Waals surface area contributed by atoms with Crippen LogP contribution in [-0.4, -0.2) is 45.1 Å². The van der Waals surface area contributed by atoms with Crippen LogP contribution in [0.5, 0.6) is 0 Å². The number of nitrogens with zero attached hydrogens (tertiary/aromatic N) is 1. The summed E-state index contributed by atoms with van der Waals surface area (Å²) < 4.78 is 22.9. The van der Waals surface area contributed by atoms with Gasteiger partial charge in [0.05, 0.1) is 11.4 Å². The highest BCUT2D eigenvalue weighted by Crippen LogP contribution is 2.13. The summed E-state index contributed by atoms with van der Waals surface area (Å²) in [5, 5.41) is 2.81. The number of hydrogen-bond acceptors (Lipinski definition) is 4. The van der Waals surface area contributed by atoms with Crippen molar-refractivity contribution in [3.05, 3.63) is 60.2 Å². The number of nitrogens with one attached hydrogen (secondary N) is 1. The number of carbonyl (C=O) groups excluding carboxylic acids is 1. The first-order valence-corrected chi connectivity index (χ1v) is 10.1. The Bertz CT molecular complexity index is 787. The van der Waals surface area contributed by atoms with Crippen molar-refractivity contribution in [3.63, 3.8) is 0 Å². The summed E-state index contributed by atoms with van der Waals surface area (Å²) in [5.74, 6) is -0.109. The van der Waals surface area contributed by atoms with E-state index in [9.17, 15) is 13.2 Å². The summed E-state index contributed by atoms with van der Waals surface area (Å²) in [6.45, 7) is 3.92. The van der Waals surface area contributed by atoms with Gasteiger partial charge < -0.3 is 5.32 Å². The predicted octanol–water partition coefficient (Wildman–Crippen LogP) is 2.59. The number of hydrogen-bond donors (Lipinski definition) is 1. The minimum absolute atomic E-state index is 0.109. The second-order valence-corrected chi connectivity index (χ2v) is 7.96. The van der Waals surface area contributed by atoms with E-state index in [1.54, 1.807) is 12.1 Å². The van der Waals surface area contributed by atoms with Crippen molar-refractivity contribution in [1.82, 2.24) is 4.90 Å². The van der Waals surface area contributed by atoms with Gasteiger partial charge in [-0.25, -0.2) is 8.42 Å². The second-order valence-electron chi connectivity index (χ2n) is 5.95. The lowest BCUT2D eigenvalue weighted by molar-refractivity contribution is -0.117. The van der Waals surface area contributed by atoms with Crippen molar-refractivity contribution >= 4 is 21.4 Å². The van der Waals surface area contributed by atoms with Crippen molar-refractivity contribution in [2.45, 2.75) is 18.2 Å². The van der Waals surface area contributed by atoms with E-state index < -0.39 is 9.84 Å². The molecule has 5 nitrogen and oxygen atoms in total. The normalized spacial score (nSPS) is 11.5. The number of likely N-dealkylation sites (N-methyl/N-ethyl adjacent to an activating group) is 1. The maximum Gasteiger partial charge on any atom is 0.238 e. The molecule has 0 spiro atoms. The fourth-order valence-corrected chi connectivity index (χ4v) is 3.10. The summed E-state index contributed by atoms with van der Waals surface area (Å²) >= 11 is 0. The van der Waals surface area contributed by atoms with E-state index in [1.165, 1.54) is 17.7 Å². The van der Waals surface area contributed by atoms with Crippen molar-refractivity contribution in [2.24, 2.45) is 0 Å². The minimum Gasteiger partial charge on any atom is -0.325 e. The van der Waals surface area contributed by atoms with Gasteiger partial charge >= 0.3 is 0 Å². The molecule has 0 saturated carbocycles. The smallest absolute Gasteiger partial charge is 0.238 e. The molecule has 2 aromatic carbocycles. The third-order valence-electron chi connectivity index (χ3n) is 3.94. The van der Waals surface area contributed by atoms with Gasteiger partial charge in [0.2, 0.25) is 5.91 Å². The molecule has 2 aromatic rings. The summed E-state index contributed by atoms with van der Waals surface area (Å²) in [5.41, 5.74) is 1.84. The van der Waals surface area contributed by atoms with Crippen molar-refractivity contribution in [2.75, 3.05) is 31.2 Å². The van der Waals surface area contributed by atoms with E-state index in [0.717, 1.165) is 25.8 Å². The number of amides is 1. The van der Waals surface area contributed by atoms with Crippen molar-refractivity contribution in [1.29, 1.82) is 0 Å². The summed E-state index contributed by atoms with van der Waals surface area (Å²) in [7, 11) is -3.23. The zero-order valence-electron chi connectivity index (χ0n) is 14.6. The van der Waals surface area contributed by atoms with E-state index in [0.29, 0.717) is 12.2 Å². The van der Waals surface area contributed by atoms with Gasteiger partial charge in [-0.1, -0.05) is 37.3 Å². The summed E-state index contributed by atoms with van der Waals surface area (Å²) in [6, 6.07) is 16.4. The Morgan fingerprint density at radius 3 is 2.24 bits per heavy atom. The summed E-state index contributed by atoms with van der Waals surface area (Å²) in [6.07, 6.45) is 2.05. The van der Waals surface area contributed by atoms with Crippen LogP contribution in [0.25, 0.3) is 0 Å². The molecule has 0 aliphatic heterocycles. The second kappa shape index (κ2) is 8.78. The largest absolute Gasteiger partial charge is 0.325 e. The maximum absolute atomic E-state index is 12.2. The van der Waals surface area contributed by atoms with Gasteiger partial charge in [-0.2, -0.15) is 0 Å². The molecule has 0 aromatic heterocycles. The van der Waals surface area contributed by atoms with Gasteiger partial charge in [0.25, 0.3) is 0 Å². The Balaban J connectivity index is 1.87. The van der Waals surface area contributed by atoms with Gasteiger partial charge in [-0.15, -0.1) is 0 Å². The molecule has 0 aliphatic rings. The third kappa shape index (κ3) is 6.32. The standard InChI is InChI=1S/C19H24N2O3S/c1-3-21(14-13-16-7-5-4-6-8-16)15-19(22)20-17-9-11-18(12-10-17)25(2,23)24/h4-12H,3,13-15H2,1-2H3,(H,20,22). The highest BCUT2D eigenvalue weighted by molar-refractivity contribution is 7.90. The first-order chi connectivity index (χ1) is 11.9. The Morgan fingerprint density at radius 1 is 1.04 bits per heavy atom. The quantitative estimate of drug-likeness (QED) is 0.786. The lowest BCUT2D eigenvalue weighted by atomic mass is 10.1. The van der Waals surface area contributed by atoms with E-state index in [1.807, 2.05) is 25.1 Å². The third-order valence-corrected chi connectivity index (χ3v) is 5.07. The van der Waals surface area contributed by atoms with Crippen LogP contribution in [0.2, 0.25) is 0 Å². The molecule has 0 radical (unpaired) electrons. The van der Waals surface area contributed by atoms with Crippen LogP contribution in [0.3, 0.4) is 0 Å².